The Morgan fingerprint density at radius 2 is 1.96 bits per heavy atom. The molecule has 146 valence electrons. The van der Waals surface area contributed by atoms with E-state index in [4.69, 9.17) is 4.74 Å². The van der Waals surface area contributed by atoms with Crippen molar-refractivity contribution in [3.05, 3.63) is 58.0 Å². The molecule has 0 saturated carbocycles. The fourth-order valence-corrected chi connectivity index (χ4v) is 3.30. The predicted octanol–water partition coefficient (Wildman–Crippen LogP) is 3.76. The summed E-state index contributed by atoms with van der Waals surface area (Å²) in [6.07, 6.45) is 3.09. The number of amides is 1. The van der Waals surface area contributed by atoms with Crippen molar-refractivity contribution >= 4 is 33.4 Å². The molecule has 8 heteroatoms. The summed E-state index contributed by atoms with van der Waals surface area (Å²) in [6.45, 7) is 5.20. The van der Waals surface area contributed by atoms with E-state index < -0.39 is 23.1 Å². The minimum absolute atomic E-state index is 0.00789. The number of carbonyl (C=O) groups excluding carboxylic acids is 2. The molecule has 2 aromatic rings. The normalized spacial score (nSPS) is 17.2. The molecule has 0 unspecified atom stereocenters. The zero-order valence-electron chi connectivity index (χ0n) is 15.9. The van der Waals surface area contributed by atoms with Crippen molar-refractivity contribution in [1.29, 1.82) is 0 Å². The zero-order valence-corrected chi connectivity index (χ0v) is 17.5. The number of ketones is 1. The van der Waals surface area contributed by atoms with Gasteiger partial charge in [0.2, 0.25) is 5.88 Å². The summed E-state index contributed by atoms with van der Waals surface area (Å²) in [4.78, 5) is 35.9. The van der Waals surface area contributed by atoms with Crippen LogP contribution in [0.4, 0.5) is 5.82 Å². The molecule has 0 saturated heterocycles. The maximum absolute atomic E-state index is 13.2. The van der Waals surface area contributed by atoms with E-state index in [2.05, 4.69) is 25.9 Å². The highest BCUT2D eigenvalue weighted by Crippen LogP contribution is 2.44. The lowest BCUT2D eigenvalue weighted by Gasteiger charge is -2.28. The first-order valence-corrected chi connectivity index (χ1v) is 9.38. The van der Waals surface area contributed by atoms with Gasteiger partial charge in [0.15, 0.2) is 11.5 Å². The molecule has 0 fully saturated rings. The third-order valence-corrected chi connectivity index (χ3v) is 4.85. The molecule has 1 atom stereocenters. The fourth-order valence-electron chi connectivity index (χ4n) is 3.06. The molecule has 0 aliphatic carbocycles. The van der Waals surface area contributed by atoms with E-state index in [-0.39, 0.29) is 17.2 Å². The molecule has 1 aliphatic heterocycles. The third kappa shape index (κ3) is 3.40. The van der Waals surface area contributed by atoms with Crippen LogP contribution in [0.5, 0.6) is 5.88 Å². The first kappa shape index (κ1) is 20.0. The molecule has 1 amide bonds. The Morgan fingerprint density at radius 1 is 1.25 bits per heavy atom. The molecule has 3 rings (SSSR count). The van der Waals surface area contributed by atoms with E-state index in [0.717, 1.165) is 4.47 Å². The van der Waals surface area contributed by atoms with Crippen molar-refractivity contribution in [1.82, 2.24) is 9.97 Å². The molecular weight excluding hydrogens is 426 g/mol. The maximum Gasteiger partial charge on any atom is 0.295 e. The summed E-state index contributed by atoms with van der Waals surface area (Å²) in [7, 11) is 1.46. The number of carbonyl (C=O) groups is 2. The number of Topliss-reactive ketones (excluding diaryl/α,β-unsaturated/α-hetero) is 1. The lowest BCUT2D eigenvalue weighted by Crippen LogP contribution is -2.33. The van der Waals surface area contributed by atoms with Crippen LogP contribution < -0.4 is 9.64 Å². The molecule has 1 N–H and O–H groups in total. The van der Waals surface area contributed by atoms with Gasteiger partial charge in [0.25, 0.3) is 5.91 Å². The van der Waals surface area contributed by atoms with Crippen molar-refractivity contribution < 1.29 is 19.4 Å². The van der Waals surface area contributed by atoms with Gasteiger partial charge in [-0.3, -0.25) is 14.5 Å². The van der Waals surface area contributed by atoms with Crippen LogP contribution in [0.25, 0.3) is 0 Å². The monoisotopic (exact) mass is 445 g/mol. The molecule has 2 aromatic heterocycles. The number of rotatable bonds is 4. The third-order valence-electron chi connectivity index (χ3n) is 4.38. The van der Waals surface area contributed by atoms with Crippen molar-refractivity contribution in [2.45, 2.75) is 26.8 Å². The minimum atomic E-state index is -0.906. The average molecular weight is 446 g/mol. The summed E-state index contributed by atoms with van der Waals surface area (Å²) in [6, 6.07) is 5.86. The van der Waals surface area contributed by atoms with Gasteiger partial charge in [-0.25, -0.2) is 9.97 Å². The van der Waals surface area contributed by atoms with Crippen LogP contribution in [0.3, 0.4) is 0 Å². The van der Waals surface area contributed by atoms with Crippen molar-refractivity contribution in [3.63, 3.8) is 0 Å². The first-order valence-electron chi connectivity index (χ1n) is 8.58. The van der Waals surface area contributed by atoms with E-state index in [1.54, 1.807) is 57.4 Å². The summed E-state index contributed by atoms with van der Waals surface area (Å²) >= 11 is 3.32. The van der Waals surface area contributed by atoms with Gasteiger partial charge >= 0.3 is 0 Å². The minimum Gasteiger partial charge on any atom is -0.503 e. The maximum atomic E-state index is 13.2. The van der Waals surface area contributed by atoms with Crippen LogP contribution in [0, 0.1) is 5.41 Å². The van der Waals surface area contributed by atoms with E-state index in [1.807, 2.05) is 0 Å². The Hall–Kier alpha value is -2.74. The topological polar surface area (TPSA) is 92.6 Å². The second-order valence-corrected chi connectivity index (χ2v) is 8.27. The predicted molar refractivity (Wildman–Crippen MR) is 107 cm³/mol. The van der Waals surface area contributed by atoms with Crippen LogP contribution in [-0.4, -0.2) is 33.9 Å². The molecule has 7 nitrogen and oxygen atoms in total. The number of aliphatic hydroxyl groups is 1. The molecule has 0 aromatic carbocycles. The Morgan fingerprint density at radius 3 is 2.54 bits per heavy atom. The number of hydrogen-bond acceptors (Lipinski definition) is 6. The van der Waals surface area contributed by atoms with Crippen molar-refractivity contribution in [2.24, 2.45) is 5.41 Å². The Bertz CT molecular complexity index is 964. The van der Waals surface area contributed by atoms with Gasteiger partial charge in [0.05, 0.1) is 12.7 Å². The average Bonchev–Trinajstić information content (AvgIpc) is 2.92. The van der Waals surface area contributed by atoms with E-state index in [9.17, 15) is 14.7 Å². The van der Waals surface area contributed by atoms with Crippen LogP contribution >= 0.6 is 15.9 Å². The lowest BCUT2D eigenvalue weighted by molar-refractivity contribution is -0.123. The van der Waals surface area contributed by atoms with Gasteiger partial charge in [0, 0.05) is 27.8 Å². The standard InChI is InChI=1S/C20H20BrN3O4/c1-20(2,3)17(26)14-15(12-6-5-9-22-18(12)28-4)24(19(27)16(14)25)13-8-7-11(21)10-23-13/h5-10,15,25H,1-4H3/t15-/m0/s1. The lowest BCUT2D eigenvalue weighted by atomic mass is 9.82. The van der Waals surface area contributed by atoms with Gasteiger partial charge in [-0.1, -0.05) is 20.8 Å². The quantitative estimate of drug-likeness (QED) is 0.769. The van der Waals surface area contributed by atoms with Crippen LogP contribution in [0.2, 0.25) is 0 Å². The van der Waals surface area contributed by atoms with Gasteiger partial charge in [-0.15, -0.1) is 0 Å². The van der Waals surface area contributed by atoms with Gasteiger partial charge < -0.3 is 9.84 Å². The van der Waals surface area contributed by atoms with Gasteiger partial charge in [-0.05, 0) is 40.2 Å². The first-order chi connectivity index (χ1) is 13.2. The second kappa shape index (κ2) is 7.35. The molecule has 3 heterocycles. The Labute approximate surface area is 171 Å². The van der Waals surface area contributed by atoms with Crippen LogP contribution in [-0.2, 0) is 9.59 Å². The number of anilines is 1. The van der Waals surface area contributed by atoms with Crippen LogP contribution in [0.15, 0.2) is 52.5 Å². The summed E-state index contributed by atoms with van der Waals surface area (Å²) in [5.41, 5.74) is -0.311. The summed E-state index contributed by atoms with van der Waals surface area (Å²) in [5.74, 6) is -1.06. The molecule has 0 radical (unpaired) electrons. The summed E-state index contributed by atoms with van der Waals surface area (Å²) < 4.78 is 6.09. The smallest absolute Gasteiger partial charge is 0.295 e. The molecule has 1 aliphatic rings. The highest BCUT2D eigenvalue weighted by molar-refractivity contribution is 9.10. The SMILES string of the molecule is COc1ncccc1[C@H]1C(C(=O)C(C)(C)C)=C(O)C(=O)N1c1ccc(Br)cn1. The number of halogens is 1. The largest absolute Gasteiger partial charge is 0.503 e. The molecule has 0 spiro atoms. The van der Waals surface area contributed by atoms with Gasteiger partial charge in [-0.2, -0.15) is 0 Å². The van der Waals surface area contributed by atoms with E-state index in [1.165, 1.54) is 12.0 Å². The number of hydrogen-bond donors (Lipinski definition) is 1. The number of aromatic nitrogens is 2. The van der Waals surface area contributed by atoms with Crippen molar-refractivity contribution in [2.75, 3.05) is 12.0 Å². The summed E-state index contributed by atoms with van der Waals surface area (Å²) in [5, 5.41) is 10.6. The number of methoxy groups -OCH3 is 1. The molecule has 0 bridgehead atoms. The number of nitrogens with zero attached hydrogens (tertiary/aromatic N) is 3. The number of ether oxygens (including phenoxy) is 1. The Kier molecular flexibility index (Phi) is 5.25. The number of aliphatic hydroxyl groups excluding tert-OH is 1. The molecule has 28 heavy (non-hydrogen) atoms. The Balaban J connectivity index is 2.25. The second-order valence-electron chi connectivity index (χ2n) is 7.36. The number of pyridine rings is 2. The van der Waals surface area contributed by atoms with Crippen LogP contribution in [0.1, 0.15) is 32.4 Å². The fraction of sp³-hybridized carbons (Fsp3) is 0.300. The van der Waals surface area contributed by atoms with Crippen molar-refractivity contribution in [3.8, 4) is 5.88 Å². The van der Waals surface area contributed by atoms with E-state index >= 15 is 0 Å². The molecular formula is C20H20BrN3O4. The van der Waals surface area contributed by atoms with Gasteiger partial charge in [0.1, 0.15) is 11.9 Å². The zero-order chi connectivity index (χ0) is 20.6. The van der Waals surface area contributed by atoms with E-state index in [0.29, 0.717) is 11.4 Å². The highest BCUT2D eigenvalue weighted by Gasteiger charge is 2.48. The highest BCUT2D eigenvalue weighted by atomic mass is 79.9.